The van der Waals surface area contributed by atoms with Gasteiger partial charge in [-0.05, 0) is 141 Å². The first kappa shape index (κ1) is 61.6. The van der Waals surface area contributed by atoms with Crippen molar-refractivity contribution in [3.8, 4) is 0 Å². The molecule has 67 heavy (non-hydrogen) atoms. The molecule has 0 saturated carbocycles. The molecule has 0 aliphatic rings. The van der Waals surface area contributed by atoms with Gasteiger partial charge >= 0.3 is 0 Å². The van der Waals surface area contributed by atoms with Crippen LogP contribution in [0.2, 0.25) is 0 Å². The molecule has 6 aromatic rings. The van der Waals surface area contributed by atoms with E-state index in [1.165, 1.54) is 63.8 Å². The molecule has 0 aliphatic carbocycles. The van der Waals surface area contributed by atoms with E-state index in [4.69, 9.17) is 20.6 Å². The van der Waals surface area contributed by atoms with Gasteiger partial charge in [0.25, 0.3) is 0 Å². The summed E-state index contributed by atoms with van der Waals surface area (Å²) in [6, 6.07) is 36.5. The summed E-state index contributed by atoms with van der Waals surface area (Å²) < 4.78 is 0. The fourth-order valence-electron chi connectivity index (χ4n) is 6.44. The second kappa shape index (κ2) is 34.0. The summed E-state index contributed by atoms with van der Waals surface area (Å²) in [5.41, 5.74) is 20.2. The number of hydrogen-bond acceptors (Lipinski definition) is 4. The summed E-state index contributed by atoms with van der Waals surface area (Å²) in [4.78, 5) is 17.3. The van der Waals surface area contributed by atoms with Gasteiger partial charge in [0.15, 0.2) is 0 Å². The Morgan fingerprint density at radius 3 is 0.836 bits per heavy atom. The second-order valence-electron chi connectivity index (χ2n) is 16.4. The number of rotatable bonds is 10. The van der Waals surface area contributed by atoms with Gasteiger partial charge in [0, 0.05) is 70.3 Å². The van der Waals surface area contributed by atoms with Gasteiger partial charge in [-0.1, -0.05) is 154 Å². The van der Waals surface area contributed by atoms with Crippen LogP contribution in [-0.2, 0) is 34.1 Å². The van der Waals surface area contributed by atoms with Gasteiger partial charge in [-0.15, -0.1) is 11.4 Å². The zero-order valence-electron chi connectivity index (χ0n) is 43.2. The van der Waals surface area contributed by atoms with Gasteiger partial charge in [0.05, 0.1) is 11.4 Å². The predicted molar refractivity (Wildman–Crippen MR) is 286 cm³/mol. The van der Waals surface area contributed by atoms with Crippen LogP contribution in [-0.4, -0.2) is 21.4 Å². The van der Waals surface area contributed by atoms with E-state index in [1.54, 1.807) is 24.8 Å². The van der Waals surface area contributed by atoms with E-state index in [2.05, 4.69) is 194 Å². The van der Waals surface area contributed by atoms with E-state index >= 15 is 0 Å². The number of aromatic nitrogens is 2. The maximum absolute atomic E-state index is 4.86. The molecule has 0 spiro atoms. The third kappa shape index (κ3) is 22.3. The normalized spacial score (nSPS) is 11.3. The third-order valence-corrected chi connectivity index (χ3v) is 10.9. The van der Waals surface area contributed by atoms with Crippen molar-refractivity contribution >= 4 is 34.2 Å². The average molecular weight is 981 g/mol. The Labute approximate surface area is 427 Å². The number of para-hydroxylation sites is 4. The fourth-order valence-corrected chi connectivity index (χ4v) is 6.44. The standard InChI is InChI=1S/2C22H27N2.2C5H5N.C5H12.2Fe/c2*1-14-10-8-11-15(2)21(14)23-19(6)18(5)20(7)24-22-16(3)12-9-13-17(22)4;2*1-2-4-6-5-3-1;1-3-5-4-2;;/h2*8-13H,1-7H3;2*1-5H;3-5H2,1-2H3;;/q2*-1;;;;;/b2*19-18-,24-20?;;;;;. The van der Waals surface area contributed by atoms with Crippen LogP contribution in [0.3, 0.4) is 0 Å². The molecule has 0 radical (unpaired) electrons. The van der Waals surface area contributed by atoms with Crippen molar-refractivity contribution in [3.05, 3.63) is 212 Å². The Balaban J connectivity index is 0.000000940. The summed E-state index contributed by atoms with van der Waals surface area (Å²) in [5.74, 6) is 0. The van der Waals surface area contributed by atoms with Crippen molar-refractivity contribution in [2.75, 3.05) is 0 Å². The molecule has 8 heteroatoms. The summed E-state index contributed by atoms with van der Waals surface area (Å²) in [7, 11) is 0. The minimum atomic E-state index is 0. The smallest absolute Gasteiger partial charge is 0.0691 e. The Kier molecular flexibility index (Phi) is 31.3. The molecule has 0 atom stereocenters. The van der Waals surface area contributed by atoms with Gasteiger partial charge in [-0.25, -0.2) is 0 Å². The van der Waals surface area contributed by atoms with Crippen LogP contribution in [0.15, 0.2) is 167 Å². The summed E-state index contributed by atoms with van der Waals surface area (Å²) in [5, 5.41) is 9.73. The summed E-state index contributed by atoms with van der Waals surface area (Å²) in [6.07, 6.45) is 11.1. The first-order valence-electron chi connectivity index (χ1n) is 22.9. The number of unbranched alkanes of at least 4 members (excludes halogenated alkanes) is 2. The zero-order valence-corrected chi connectivity index (χ0v) is 45.4. The van der Waals surface area contributed by atoms with Gasteiger partial charge < -0.3 is 10.6 Å². The third-order valence-electron chi connectivity index (χ3n) is 10.9. The van der Waals surface area contributed by atoms with Gasteiger partial charge in [-0.3, -0.25) is 20.0 Å². The van der Waals surface area contributed by atoms with Crippen LogP contribution in [0.1, 0.15) is 119 Å². The van der Waals surface area contributed by atoms with Crippen LogP contribution in [0.25, 0.3) is 10.6 Å². The zero-order chi connectivity index (χ0) is 48.3. The van der Waals surface area contributed by atoms with Crippen molar-refractivity contribution in [2.45, 2.75) is 130 Å². The topological polar surface area (TPSA) is 78.7 Å². The van der Waals surface area contributed by atoms with Crippen LogP contribution in [0.4, 0.5) is 22.7 Å². The molecule has 6 nitrogen and oxygen atoms in total. The minimum absolute atomic E-state index is 0. The number of aliphatic imine (C=N–C) groups is 2. The molecular formula is C59H76Fe2N6-2. The molecule has 0 fully saturated rings. The number of hydrogen-bond donors (Lipinski definition) is 0. The second-order valence-corrected chi connectivity index (χ2v) is 16.4. The van der Waals surface area contributed by atoms with Crippen molar-refractivity contribution in [3.63, 3.8) is 0 Å². The molecule has 0 aliphatic heterocycles. The predicted octanol–water partition coefficient (Wildman–Crippen LogP) is 18.4. The molecule has 0 unspecified atom stereocenters. The van der Waals surface area contributed by atoms with Crippen molar-refractivity contribution < 1.29 is 34.1 Å². The SMILES string of the molecule is CC(=Nc1c(C)cccc1C)/C(C)=C(/C)[N-]c1c(C)cccc1C.CC(=Nc1c(C)cccc1C)/C(C)=C(/C)[N-]c1c(C)cccc1C.CCCCC.[Fe].[Fe].c1ccncc1.c1ccncc1. The molecule has 2 heterocycles. The Morgan fingerprint density at radius 2 is 0.642 bits per heavy atom. The Bertz CT molecular complexity index is 2160. The number of nitrogens with zero attached hydrogens (tertiary/aromatic N) is 6. The number of aryl methyl sites for hydroxylation is 8. The fraction of sp³-hybridized carbons (Fsp3) is 0.322. The average Bonchev–Trinajstić information content (AvgIpc) is 3.30. The maximum Gasteiger partial charge on any atom is 0.0691 e. The molecule has 0 amide bonds. The molecule has 6 rings (SSSR count). The molecule has 0 saturated heterocycles. The molecule has 0 N–H and O–H groups in total. The van der Waals surface area contributed by atoms with Gasteiger partial charge in [0.2, 0.25) is 0 Å². The van der Waals surface area contributed by atoms with E-state index in [0.29, 0.717) is 0 Å². The first-order chi connectivity index (χ1) is 31.0. The van der Waals surface area contributed by atoms with Crippen LogP contribution in [0, 0.1) is 55.4 Å². The van der Waals surface area contributed by atoms with Crippen LogP contribution in [0.5, 0.6) is 0 Å². The summed E-state index contributed by atoms with van der Waals surface area (Å²) in [6.45, 7) is 33.7. The van der Waals surface area contributed by atoms with Crippen LogP contribution < -0.4 is 0 Å². The quantitative estimate of drug-likeness (QED) is 0.101. The largest absolute Gasteiger partial charge is 0.661 e. The Hall–Kier alpha value is -5.36. The van der Waals surface area contributed by atoms with E-state index in [0.717, 1.165) is 56.7 Å². The molecule has 360 valence electrons. The Morgan fingerprint density at radius 1 is 0.388 bits per heavy atom. The van der Waals surface area contributed by atoms with E-state index in [-0.39, 0.29) is 34.1 Å². The first-order valence-corrected chi connectivity index (χ1v) is 22.9. The summed E-state index contributed by atoms with van der Waals surface area (Å²) >= 11 is 0. The molecule has 4 aromatic carbocycles. The molecule has 2 aromatic heterocycles. The monoisotopic (exact) mass is 980 g/mol. The van der Waals surface area contributed by atoms with Crippen molar-refractivity contribution in [1.82, 2.24) is 9.97 Å². The van der Waals surface area contributed by atoms with Gasteiger partial charge in [-0.2, -0.15) is 11.4 Å². The van der Waals surface area contributed by atoms with Gasteiger partial charge in [0.1, 0.15) is 0 Å². The van der Waals surface area contributed by atoms with E-state index < -0.39 is 0 Å². The number of pyridine rings is 2. The van der Waals surface area contributed by atoms with E-state index in [9.17, 15) is 0 Å². The van der Waals surface area contributed by atoms with Crippen molar-refractivity contribution in [1.29, 1.82) is 0 Å². The van der Waals surface area contributed by atoms with E-state index in [1.807, 2.05) is 36.4 Å². The maximum atomic E-state index is 4.86. The number of benzene rings is 4. The molecule has 0 bridgehead atoms. The van der Waals surface area contributed by atoms with Crippen LogP contribution >= 0.6 is 0 Å². The minimum Gasteiger partial charge on any atom is -0.661 e. The molecular weight excluding hydrogens is 904 g/mol. The number of allylic oxidation sites excluding steroid dienone is 4. The van der Waals surface area contributed by atoms with Crippen molar-refractivity contribution in [2.24, 2.45) is 9.98 Å².